The third kappa shape index (κ3) is 5.20. The topological polar surface area (TPSA) is 91.2 Å². The molecule has 156 valence electrons. The lowest BCUT2D eigenvalue weighted by Gasteiger charge is -2.33. The molecule has 0 bridgehead atoms. The van der Waals surface area contributed by atoms with Crippen LogP contribution >= 0.6 is 15.9 Å². The molecule has 1 saturated heterocycles. The molecular weight excluding hydrogens is 454 g/mol. The van der Waals surface area contributed by atoms with E-state index < -0.39 is 15.9 Å². The van der Waals surface area contributed by atoms with Crippen molar-refractivity contribution in [2.75, 3.05) is 11.5 Å². The molecule has 0 unspecified atom stereocenters. The number of aliphatic hydroxyl groups excluding tert-OH is 1. The summed E-state index contributed by atoms with van der Waals surface area (Å²) in [5, 5.41) is 22.6. The van der Waals surface area contributed by atoms with Crippen molar-refractivity contribution in [2.45, 2.75) is 43.9 Å². The number of hydrogen-bond acceptors (Lipinski definition) is 4. The molecule has 2 aromatic carbocycles. The maximum Gasteiger partial charge on any atom is 0.156 e. The summed E-state index contributed by atoms with van der Waals surface area (Å²) in [5.41, 5.74) is 3.43. The van der Waals surface area contributed by atoms with Crippen molar-refractivity contribution in [3.8, 4) is 5.75 Å². The first-order valence-electron chi connectivity index (χ1n) is 10.1. The highest BCUT2D eigenvalue weighted by Crippen LogP contribution is 2.40. The third-order valence-corrected chi connectivity index (χ3v) is 8.47. The van der Waals surface area contributed by atoms with E-state index in [2.05, 4.69) is 40.2 Å². The average Bonchev–Trinajstić information content (AvgIpc) is 3.51. The summed E-state index contributed by atoms with van der Waals surface area (Å²) >= 11 is 3.29. The third-order valence-electron chi connectivity index (χ3n) is 6.00. The van der Waals surface area contributed by atoms with Crippen molar-refractivity contribution in [3.05, 3.63) is 63.6 Å². The van der Waals surface area contributed by atoms with Crippen LogP contribution in [0.4, 0.5) is 0 Å². The maximum atomic E-state index is 12.5. The van der Waals surface area contributed by atoms with Gasteiger partial charge in [0, 0.05) is 11.5 Å². The number of hydrogen-bond donors (Lipinski definition) is 3. The number of nitrogens with two attached hydrogens (primary N) is 1. The van der Waals surface area contributed by atoms with Crippen molar-refractivity contribution in [1.29, 1.82) is 0 Å². The van der Waals surface area contributed by atoms with E-state index in [9.17, 15) is 18.6 Å². The quantitative estimate of drug-likeness (QED) is 0.590. The molecule has 3 atom stereocenters. The summed E-state index contributed by atoms with van der Waals surface area (Å²) in [6, 6.07) is 13.3. The molecule has 2 fully saturated rings. The molecule has 1 heterocycles. The molecule has 2 aliphatic rings. The molecule has 7 heteroatoms. The van der Waals surface area contributed by atoms with Gasteiger partial charge in [0.05, 0.1) is 10.2 Å². The fraction of sp³-hybridized carbons (Fsp3) is 0.455. The average molecular weight is 481 g/mol. The highest BCUT2D eigenvalue weighted by Gasteiger charge is 2.41. The Balaban J connectivity index is 1.45. The van der Waals surface area contributed by atoms with Gasteiger partial charge < -0.3 is 15.5 Å². The highest BCUT2D eigenvalue weighted by molar-refractivity contribution is 9.10. The zero-order chi connectivity index (χ0) is 20.6. The van der Waals surface area contributed by atoms with Crippen molar-refractivity contribution < 1.29 is 23.9 Å². The molecule has 1 aliphatic carbocycles. The van der Waals surface area contributed by atoms with Crippen LogP contribution in [0.1, 0.15) is 35.4 Å². The fourth-order valence-corrected chi connectivity index (χ4v) is 6.73. The molecular formula is C22H27BrNO4S+. The van der Waals surface area contributed by atoms with Gasteiger partial charge in [0.15, 0.2) is 9.84 Å². The summed E-state index contributed by atoms with van der Waals surface area (Å²) in [4.78, 5) is 0. The van der Waals surface area contributed by atoms with Crippen LogP contribution in [0.3, 0.4) is 0 Å². The first-order chi connectivity index (χ1) is 13.8. The van der Waals surface area contributed by atoms with Crippen molar-refractivity contribution in [2.24, 2.45) is 5.92 Å². The Morgan fingerprint density at radius 3 is 2.59 bits per heavy atom. The molecule has 4 N–H and O–H groups in total. The molecule has 0 aromatic heterocycles. The van der Waals surface area contributed by atoms with Gasteiger partial charge in [-0.1, -0.05) is 24.3 Å². The molecule has 1 aliphatic heterocycles. The minimum atomic E-state index is -3.22. The van der Waals surface area contributed by atoms with Crippen LogP contribution in [-0.2, 0) is 22.8 Å². The van der Waals surface area contributed by atoms with Gasteiger partial charge in [0.25, 0.3) is 0 Å². The summed E-state index contributed by atoms with van der Waals surface area (Å²) in [6.45, 7) is 0.662. The molecule has 4 rings (SSSR count). The van der Waals surface area contributed by atoms with Crippen molar-refractivity contribution in [3.63, 3.8) is 0 Å². The molecule has 5 nitrogen and oxygen atoms in total. The minimum Gasteiger partial charge on any atom is -0.507 e. The van der Waals surface area contributed by atoms with E-state index in [1.54, 1.807) is 18.2 Å². The number of phenols is 1. The van der Waals surface area contributed by atoms with Crippen molar-refractivity contribution >= 4 is 25.8 Å². The van der Waals surface area contributed by atoms with Crippen LogP contribution in [0.25, 0.3) is 0 Å². The zero-order valence-corrected chi connectivity index (χ0v) is 18.6. The van der Waals surface area contributed by atoms with Gasteiger partial charge in [0.1, 0.15) is 30.2 Å². The molecule has 1 saturated carbocycles. The van der Waals surface area contributed by atoms with Crippen LogP contribution in [0.5, 0.6) is 5.75 Å². The number of aromatic hydroxyl groups is 1. The van der Waals surface area contributed by atoms with Crippen LogP contribution in [0.15, 0.2) is 46.9 Å². The van der Waals surface area contributed by atoms with E-state index >= 15 is 0 Å². The monoisotopic (exact) mass is 480 g/mol. The zero-order valence-electron chi connectivity index (χ0n) is 16.2. The number of halogens is 1. The second-order valence-corrected chi connectivity index (χ2v) is 11.4. The molecule has 29 heavy (non-hydrogen) atoms. The van der Waals surface area contributed by atoms with Crippen LogP contribution in [0, 0.1) is 5.92 Å². The first-order valence-corrected chi connectivity index (χ1v) is 12.7. The second kappa shape index (κ2) is 8.38. The van der Waals surface area contributed by atoms with Gasteiger partial charge in [0.2, 0.25) is 0 Å². The molecule has 2 aromatic rings. The summed E-state index contributed by atoms with van der Waals surface area (Å²) in [5.74, 6) is 0.472. The van der Waals surface area contributed by atoms with E-state index in [0.717, 1.165) is 5.56 Å². The van der Waals surface area contributed by atoms with E-state index in [4.69, 9.17) is 0 Å². The van der Waals surface area contributed by atoms with Gasteiger partial charge in [-0.25, -0.2) is 8.42 Å². The predicted octanol–water partition coefficient (Wildman–Crippen LogP) is 2.11. The Bertz CT molecular complexity index is 990. The number of aliphatic hydroxyl groups is 1. The maximum absolute atomic E-state index is 12.5. The summed E-state index contributed by atoms with van der Waals surface area (Å²) < 4.78 is 25.6. The van der Waals surface area contributed by atoms with E-state index in [1.165, 1.54) is 24.0 Å². The van der Waals surface area contributed by atoms with Crippen LogP contribution < -0.4 is 5.32 Å². The number of rotatable bonds is 6. The largest absolute Gasteiger partial charge is 0.507 e. The number of benzene rings is 2. The fourth-order valence-electron chi connectivity index (χ4n) is 4.28. The van der Waals surface area contributed by atoms with E-state index in [0.29, 0.717) is 23.4 Å². The Kier molecular flexibility index (Phi) is 6.02. The first kappa shape index (κ1) is 20.8. The Hall–Kier alpha value is -1.41. The lowest BCUT2D eigenvalue weighted by Crippen LogP contribution is -2.93. The molecule has 0 radical (unpaired) electrons. The van der Waals surface area contributed by atoms with Gasteiger partial charge in [-0.15, -0.1) is 0 Å². The molecule has 0 spiro atoms. The van der Waals surface area contributed by atoms with E-state index in [1.807, 2.05) is 5.32 Å². The lowest BCUT2D eigenvalue weighted by atomic mass is 9.91. The standard InChI is InChI=1S/C22H26BrNO4S/c23-19-10-14(4-7-21(19)25)8-18-12-29(27,28)13-20(22(18)26)24-11-15-2-1-3-17(9-15)16-5-6-16/h1-4,7,9-10,16,18,20,22,24-26H,5-6,8,11-13H2/p+1/t18-,20+,22+/m1/s1. The molecule has 0 amide bonds. The minimum absolute atomic E-state index is 0.00579. The summed E-state index contributed by atoms with van der Waals surface area (Å²) in [6.07, 6.45) is 2.27. The van der Waals surface area contributed by atoms with Gasteiger partial charge in [-0.3, -0.25) is 0 Å². The Morgan fingerprint density at radius 2 is 1.86 bits per heavy atom. The van der Waals surface area contributed by atoms with E-state index in [-0.39, 0.29) is 29.2 Å². The van der Waals surface area contributed by atoms with Gasteiger partial charge in [-0.05, 0) is 70.4 Å². The van der Waals surface area contributed by atoms with Crippen LogP contribution in [0.2, 0.25) is 0 Å². The van der Waals surface area contributed by atoms with Crippen molar-refractivity contribution in [1.82, 2.24) is 0 Å². The predicted molar refractivity (Wildman–Crippen MR) is 115 cm³/mol. The Labute approximate surface area is 180 Å². The van der Waals surface area contributed by atoms with Gasteiger partial charge in [-0.2, -0.15) is 0 Å². The SMILES string of the molecule is O=S1(=O)C[C@@H](Cc2ccc(O)c(Br)c2)[C@H](O)[C@@H]([NH2+]Cc2cccc(C3CC3)c2)C1. The Morgan fingerprint density at radius 1 is 1.07 bits per heavy atom. The summed E-state index contributed by atoms with van der Waals surface area (Å²) in [7, 11) is -3.22. The smallest absolute Gasteiger partial charge is 0.156 e. The lowest BCUT2D eigenvalue weighted by molar-refractivity contribution is -0.708. The van der Waals surface area contributed by atoms with Gasteiger partial charge >= 0.3 is 0 Å². The number of sulfone groups is 1. The number of quaternary nitrogens is 1. The highest BCUT2D eigenvalue weighted by atomic mass is 79.9. The normalized spacial score (nSPS) is 26.3. The van der Waals surface area contributed by atoms with Crippen LogP contribution in [-0.4, -0.2) is 42.3 Å². The number of phenolic OH excluding ortho intramolecular Hbond substituents is 1. The second-order valence-electron chi connectivity index (χ2n) is 8.44.